The first-order valence-corrected chi connectivity index (χ1v) is 10.6. The summed E-state index contributed by atoms with van der Waals surface area (Å²) in [5, 5.41) is 4.85. The predicted octanol–water partition coefficient (Wildman–Crippen LogP) is 4.69. The molecular formula is C25H25FN4O. The number of nitrogens with zero attached hydrogens (tertiary/aromatic N) is 4. The molecule has 0 atom stereocenters. The fourth-order valence-corrected chi connectivity index (χ4v) is 3.97. The molecule has 1 aliphatic rings. The topological polar surface area (TPSA) is 37.4 Å². The number of piperazine rings is 1. The molecule has 5 rings (SSSR count). The van der Waals surface area contributed by atoms with E-state index in [0.29, 0.717) is 0 Å². The fourth-order valence-electron chi connectivity index (χ4n) is 3.97. The lowest BCUT2D eigenvalue weighted by Crippen LogP contribution is -2.43. The average Bonchev–Trinajstić information content (AvgIpc) is 3.46. The summed E-state index contributed by atoms with van der Waals surface area (Å²) in [6.07, 6.45) is 3.79. The SMILES string of the molecule is CN1CCN(Cc2cn(-c3ccc(-c4ccc(F)cc4)cc3)nc2-c2ccco2)CC1. The van der Waals surface area contributed by atoms with Crippen LogP contribution in [0.2, 0.25) is 0 Å². The minimum Gasteiger partial charge on any atom is -0.463 e. The van der Waals surface area contributed by atoms with Crippen molar-refractivity contribution in [3.8, 4) is 28.3 Å². The van der Waals surface area contributed by atoms with Crippen LogP contribution >= 0.6 is 0 Å². The highest BCUT2D eigenvalue weighted by Crippen LogP contribution is 2.27. The van der Waals surface area contributed by atoms with Gasteiger partial charge in [0.25, 0.3) is 0 Å². The van der Waals surface area contributed by atoms with E-state index in [-0.39, 0.29) is 5.82 Å². The maximum absolute atomic E-state index is 13.2. The van der Waals surface area contributed by atoms with Gasteiger partial charge in [-0.15, -0.1) is 0 Å². The summed E-state index contributed by atoms with van der Waals surface area (Å²) in [6.45, 7) is 5.10. The van der Waals surface area contributed by atoms with Crippen LogP contribution in [0, 0.1) is 5.82 Å². The second-order valence-electron chi connectivity index (χ2n) is 8.06. The van der Waals surface area contributed by atoms with E-state index < -0.39 is 0 Å². The lowest BCUT2D eigenvalue weighted by molar-refractivity contribution is 0.148. The van der Waals surface area contributed by atoms with Gasteiger partial charge >= 0.3 is 0 Å². The van der Waals surface area contributed by atoms with Crippen LogP contribution in [0.25, 0.3) is 28.3 Å². The van der Waals surface area contributed by atoms with Gasteiger partial charge in [-0.05, 0) is 54.6 Å². The average molecular weight is 417 g/mol. The van der Waals surface area contributed by atoms with Crippen molar-refractivity contribution in [2.24, 2.45) is 0 Å². The molecule has 0 aliphatic carbocycles. The van der Waals surface area contributed by atoms with Crippen LogP contribution in [0.15, 0.2) is 77.5 Å². The number of furan rings is 1. The Balaban J connectivity index is 1.43. The van der Waals surface area contributed by atoms with Gasteiger partial charge in [-0.25, -0.2) is 9.07 Å². The smallest absolute Gasteiger partial charge is 0.154 e. The Hall–Kier alpha value is -3.22. The highest BCUT2D eigenvalue weighted by atomic mass is 19.1. The molecule has 0 saturated carbocycles. The van der Waals surface area contributed by atoms with Gasteiger partial charge in [0.15, 0.2) is 5.76 Å². The van der Waals surface area contributed by atoms with E-state index in [2.05, 4.69) is 23.0 Å². The Morgan fingerprint density at radius 2 is 1.58 bits per heavy atom. The molecule has 1 fully saturated rings. The molecule has 4 aromatic rings. The molecule has 2 aromatic carbocycles. The Morgan fingerprint density at radius 1 is 0.903 bits per heavy atom. The molecule has 3 heterocycles. The molecule has 0 radical (unpaired) electrons. The number of rotatable bonds is 5. The van der Waals surface area contributed by atoms with E-state index in [1.807, 2.05) is 41.1 Å². The van der Waals surface area contributed by atoms with Crippen LogP contribution in [0.4, 0.5) is 4.39 Å². The van der Waals surface area contributed by atoms with Crippen molar-refractivity contribution in [3.63, 3.8) is 0 Å². The quantitative estimate of drug-likeness (QED) is 0.473. The zero-order chi connectivity index (χ0) is 21.2. The maximum atomic E-state index is 13.2. The van der Waals surface area contributed by atoms with Gasteiger partial charge in [-0.2, -0.15) is 5.10 Å². The summed E-state index contributed by atoms with van der Waals surface area (Å²) in [6, 6.07) is 18.6. The predicted molar refractivity (Wildman–Crippen MR) is 119 cm³/mol. The molecule has 158 valence electrons. The van der Waals surface area contributed by atoms with Gasteiger partial charge in [-0.3, -0.25) is 4.90 Å². The maximum Gasteiger partial charge on any atom is 0.154 e. The molecule has 31 heavy (non-hydrogen) atoms. The number of likely N-dealkylation sites (N-methyl/N-ethyl adjacent to an activating group) is 1. The van der Waals surface area contributed by atoms with E-state index in [1.54, 1.807) is 18.4 Å². The van der Waals surface area contributed by atoms with E-state index in [1.165, 1.54) is 12.1 Å². The molecule has 0 N–H and O–H groups in total. The van der Waals surface area contributed by atoms with Crippen molar-refractivity contribution in [2.45, 2.75) is 6.54 Å². The van der Waals surface area contributed by atoms with Crippen molar-refractivity contribution in [1.29, 1.82) is 0 Å². The molecule has 1 saturated heterocycles. The molecule has 0 unspecified atom stereocenters. The normalized spacial score (nSPS) is 15.4. The minimum absolute atomic E-state index is 0.227. The third kappa shape index (κ3) is 4.31. The number of aromatic nitrogens is 2. The second-order valence-corrected chi connectivity index (χ2v) is 8.06. The molecule has 1 aliphatic heterocycles. The summed E-state index contributed by atoms with van der Waals surface area (Å²) in [5.41, 5.74) is 5.04. The first kappa shape index (κ1) is 19.7. The molecule has 0 amide bonds. The molecular weight excluding hydrogens is 391 g/mol. The third-order valence-corrected chi connectivity index (χ3v) is 5.84. The summed E-state index contributed by atoms with van der Waals surface area (Å²) in [4.78, 5) is 4.82. The van der Waals surface area contributed by atoms with E-state index in [9.17, 15) is 4.39 Å². The molecule has 5 nitrogen and oxygen atoms in total. The summed E-state index contributed by atoms with van der Waals surface area (Å²) < 4.78 is 20.8. The van der Waals surface area contributed by atoms with Gasteiger partial charge in [0, 0.05) is 44.5 Å². The lowest BCUT2D eigenvalue weighted by Gasteiger charge is -2.32. The summed E-state index contributed by atoms with van der Waals surface area (Å²) in [7, 11) is 2.17. The summed E-state index contributed by atoms with van der Waals surface area (Å²) >= 11 is 0. The van der Waals surface area contributed by atoms with Gasteiger partial charge in [-0.1, -0.05) is 24.3 Å². The highest BCUT2D eigenvalue weighted by Gasteiger charge is 2.20. The number of hydrogen-bond acceptors (Lipinski definition) is 4. The van der Waals surface area contributed by atoms with Gasteiger partial charge in [0.1, 0.15) is 11.5 Å². The number of hydrogen-bond donors (Lipinski definition) is 0. The highest BCUT2D eigenvalue weighted by molar-refractivity contribution is 5.65. The number of benzene rings is 2. The Kier molecular flexibility index (Phi) is 5.40. The van der Waals surface area contributed by atoms with E-state index >= 15 is 0 Å². The monoisotopic (exact) mass is 416 g/mol. The molecule has 0 spiro atoms. The van der Waals surface area contributed by atoms with Gasteiger partial charge in [0.2, 0.25) is 0 Å². The molecule has 0 bridgehead atoms. The third-order valence-electron chi connectivity index (χ3n) is 5.84. The van der Waals surface area contributed by atoms with Crippen molar-refractivity contribution in [3.05, 3.63) is 84.5 Å². The van der Waals surface area contributed by atoms with Crippen molar-refractivity contribution in [2.75, 3.05) is 33.2 Å². The van der Waals surface area contributed by atoms with Crippen LogP contribution in [0.3, 0.4) is 0 Å². The largest absolute Gasteiger partial charge is 0.463 e. The Morgan fingerprint density at radius 3 is 2.23 bits per heavy atom. The van der Waals surface area contributed by atoms with Gasteiger partial charge < -0.3 is 9.32 Å². The van der Waals surface area contributed by atoms with Crippen molar-refractivity contribution < 1.29 is 8.81 Å². The van der Waals surface area contributed by atoms with Crippen LogP contribution < -0.4 is 0 Å². The van der Waals surface area contributed by atoms with E-state index in [0.717, 1.165) is 66.6 Å². The van der Waals surface area contributed by atoms with Crippen molar-refractivity contribution >= 4 is 0 Å². The fraction of sp³-hybridized carbons (Fsp3) is 0.240. The van der Waals surface area contributed by atoms with Crippen LogP contribution in [0.1, 0.15) is 5.56 Å². The zero-order valence-corrected chi connectivity index (χ0v) is 17.5. The Labute approximate surface area is 181 Å². The first-order chi connectivity index (χ1) is 15.2. The van der Waals surface area contributed by atoms with Crippen LogP contribution in [-0.2, 0) is 6.54 Å². The van der Waals surface area contributed by atoms with Gasteiger partial charge in [0.05, 0.1) is 12.0 Å². The molecule has 6 heteroatoms. The first-order valence-electron chi connectivity index (χ1n) is 10.6. The van der Waals surface area contributed by atoms with Crippen LogP contribution in [0.5, 0.6) is 0 Å². The lowest BCUT2D eigenvalue weighted by atomic mass is 10.1. The summed E-state index contributed by atoms with van der Waals surface area (Å²) in [5.74, 6) is 0.557. The van der Waals surface area contributed by atoms with Crippen molar-refractivity contribution in [1.82, 2.24) is 19.6 Å². The zero-order valence-electron chi connectivity index (χ0n) is 17.5. The number of halogens is 1. The Bertz CT molecular complexity index is 1130. The van der Waals surface area contributed by atoms with E-state index in [4.69, 9.17) is 9.52 Å². The van der Waals surface area contributed by atoms with Crippen LogP contribution in [-0.4, -0.2) is 52.8 Å². The second kappa shape index (κ2) is 8.49. The standard InChI is InChI=1S/C25H25FN4O/c1-28-12-14-29(15-13-28)17-21-18-30(27-25(21)24-3-2-16-31-24)23-10-6-20(7-11-23)19-4-8-22(26)9-5-19/h2-11,16,18H,12-15,17H2,1H3. The molecule has 2 aromatic heterocycles. The minimum atomic E-state index is -0.227.